The minimum absolute atomic E-state index is 0.315. The molecule has 0 fully saturated rings. The van der Waals surface area contributed by atoms with Crippen molar-refractivity contribution in [2.75, 3.05) is 12.0 Å². The van der Waals surface area contributed by atoms with E-state index < -0.39 is 0 Å². The first kappa shape index (κ1) is 21.0. The molecule has 2 aromatic carbocycles. The Morgan fingerprint density at radius 1 is 0.968 bits per heavy atom. The number of anilines is 1. The zero-order chi connectivity index (χ0) is 22.0. The lowest BCUT2D eigenvalue weighted by Crippen LogP contribution is -2.31. The number of furan rings is 1. The van der Waals surface area contributed by atoms with Gasteiger partial charge in [0.2, 0.25) is 0 Å². The molecule has 1 aromatic heterocycles. The van der Waals surface area contributed by atoms with Crippen molar-refractivity contribution >= 4 is 34.8 Å². The lowest BCUT2D eigenvalue weighted by molar-refractivity contribution is -0.119. The summed E-state index contributed by atoms with van der Waals surface area (Å²) in [6.45, 7) is 4.21. The number of ether oxygens (including phenoxy) is 1. The van der Waals surface area contributed by atoms with Crippen LogP contribution in [0, 0.1) is 0 Å². The summed E-state index contributed by atoms with van der Waals surface area (Å²) in [5, 5.41) is 0. The molecule has 158 valence electrons. The van der Waals surface area contributed by atoms with Gasteiger partial charge in [0.25, 0.3) is 11.8 Å². The van der Waals surface area contributed by atoms with Crippen LogP contribution < -0.4 is 9.64 Å². The van der Waals surface area contributed by atoms with E-state index in [0.717, 1.165) is 11.3 Å². The third kappa shape index (κ3) is 4.16. The van der Waals surface area contributed by atoms with Gasteiger partial charge in [-0.1, -0.05) is 38.1 Å². The summed E-state index contributed by atoms with van der Waals surface area (Å²) in [5.74, 6) is 1.62. The van der Waals surface area contributed by atoms with E-state index in [4.69, 9.17) is 9.15 Å². The second-order valence-electron chi connectivity index (χ2n) is 7.49. The maximum atomic E-state index is 13.4. The summed E-state index contributed by atoms with van der Waals surface area (Å²) in [4.78, 5) is 28.5. The zero-order valence-corrected chi connectivity index (χ0v) is 18.4. The first-order chi connectivity index (χ1) is 15.0. The molecule has 0 atom stereocenters. The van der Waals surface area contributed by atoms with Crippen LogP contribution in [0.5, 0.6) is 5.75 Å². The fraction of sp³-hybridized carbons (Fsp3) is 0.200. The van der Waals surface area contributed by atoms with Gasteiger partial charge in [-0.2, -0.15) is 0 Å². The van der Waals surface area contributed by atoms with Gasteiger partial charge in [0.05, 0.1) is 35.3 Å². The van der Waals surface area contributed by atoms with E-state index in [2.05, 4.69) is 13.8 Å². The van der Waals surface area contributed by atoms with Gasteiger partial charge in [-0.3, -0.25) is 9.59 Å². The molecule has 6 heteroatoms. The van der Waals surface area contributed by atoms with Crippen LogP contribution in [-0.2, 0) is 15.3 Å². The Balaban J connectivity index is 1.71. The number of carbonyl (C=O) groups is 2. The number of amides is 2. The molecule has 1 aliphatic rings. The van der Waals surface area contributed by atoms with E-state index in [1.165, 1.54) is 16.7 Å². The predicted molar refractivity (Wildman–Crippen MR) is 123 cm³/mol. The van der Waals surface area contributed by atoms with Crippen LogP contribution >= 0.6 is 11.8 Å². The molecular weight excluding hydrogens is 410 g/mol. The lowest BCUT2D eigenvalue weighted by Gasteiger charge is -2.16. The molecule has 2 amide bonds. The average Bonchev–Trinajstić information content (AvgIpc) is 3.38. The van der Waals surface area contributed by atoms with Crippen molar-refractivity contribution in [2.24, 2.45) is 0 Å². The molecule has 1 aliphatic heterocycles. The van der Waals surface area contributed by atoms with Crippen LogP contribution in [-0.4, -0.2) is 18.9 Å². The number of nitrogens with zero attached hydrogens (tertiary/aromatic N) is 1. The molecular formula is C25H23NO4S. The third-order valence-electron chi connectivity index (χ3n) is 5.18. The predicted octanol–water partition coefficient (Wildman–Crippen LogP) is 5.63. The van der Waals surface area contributed by atoms with E-state index in [9.17, 15) is 9.59 Å². The highest BCUT2D eigenvalue weighted by Crippen LogP contribution is 2.40. The first-order valence-corrected chi connectivity index (χ1v) is 11.0. The van der Waals surface area contributed by atoms with Crippen LogP contribution in [0.25, 0.3) is 5.57 Å². The molecule has 0 aliphatic carbocycles. The van der Waals surface area contributed by atoms with Gasteiger partial charge in [-0.05, 0) is 53.4 Å². The molecule has 31 heavy (non-hydrogen) atoms. The van der Waals surface area contributed by atoms with Gasteiger partial charge < -0.3 is 9.15 Å². The fourth-order valence-corrected chi connectivity index (χ4v) is 4.45. The average molecular weight is 434 g/mol. The van der Waals surface area contributed by atoms with E-state index in [0.29, 0.717) is 39.1 Å². The van der Waals surface area contributed by atoms with Crippen molar-refractivity contribution in [3.8, 4) is 5.75 Å². The van der Waals surface area contributed by atoms with Gasteiger partial charge in [0, 0.05) is 0 Å². The number of benzene rings is 2. The SMILES string of the molecule is COc1ccc(C2=C(SCc3ccco3)C(=O)N(c3ccc(C(C)C)cc3)C2=O)cc1. The van der Waals surface area contributed by atoms with Gasteiger partial charge in [0.1, 0.15) is 11.5 Å². The van der Waals surface area contributed by atoms with Crippen molar-refractivity contribution < 1.29 is 18.7 Å². The van der Waals surface area contributed by atoms with Crippen LogP contribution in [0.3, 0.4) is 0 Å². The van der Waals surface area contributed by atoms with Gasteiger partial charge >= 0.3 is 0 Å². The number of imide groups is 1. The standard InChI is InChI=1S/C25H23NO4S/c1-16(2)17-6-10-19(11-7-17)26-24(27)22(18-8-12-20(29-3)13-9-18)23(25(26)28)31-15-21-5-4-14-30-21/h4-14,16H,15H2,1-3H3. The summed E-state index contributed by atoms with van der Waals surface area (Å²) in [7, 11) is 1.59. The van der Waals surface area contributed by atoms with Crippen molar-refractivity contribution in [1.29, 1.82) is 0 Å². The largest absolute Gasteiger partial charge is 0.497 e. The highest BCUT2D eigenvalue weighted by molar-refractivity contribution is 8.03. The summed E-state index contributed by atoms with van der Waals surface area (Å²) in [6.07, 6.45) is 1.60. The Morgan fingerprint density at radius 3 is 2.26 bits per heavy atom. The van der Waals surface area contributed by atoms with Gasteiger partial charge in [-0.25, -0.2) is 4.90 Å². The third-order valence-corrected chi connectivity index (χ3v) is 6.27. The summed E-state index contributed by atoms with van der Waals surface area (Å²) in [6, 6.07) is 18.4. The minimum atomic E-state index is -0.325. The Bertz CT molecular complexity index is 1110. The normalized spacial score (nSPS) is 14.1. The number of methoxy groups -OCH3 is 1. The topological polar surface area (TPSA) is 59.8 Å². The molecule has 5 nitrogen and oxygen atoms in total. The molecule has 0 saturated heterocycles. The Labute approximate surface area is 185 Å². The molecule has 0 spiro atoms. The van der Waals surface area contributed by atoms with E-state index in [-0.39, 0.29) is 11.8 Å². The molecule has 0 radical (unpaired) electrons. The van der Waals surface area contributed by atoms with Crippen LogP contribution in [0.4, 0.5) is 5.69 Å². The molecule has 0 saturated carbocycles. The quantitative estimate of drug-likeness (QED) is 0.452. The number of carbonyl (C=O) groups excluding carboxylic acids is 2. The van der Waals surface area contributed by atoms with E-state index in [1.54, 1.807) is 43.7 Å². The van der Waals surface area contributed by atoms with Gasteiger partial charge in [0.15, 0.2) is 0 Å². The summed E-state index contributed by atoms with van der Waals surface area (Å²) in [5.41, 5.74) is 2.80. The van der Waals surface area contributed by atoms with Crippen molar-refractivity contribution in [1.82, 2.24) is 0 Å². The number of thioether (sulfide) groups is 1. The van der Waals surface area contributed by atoms with Crippen molar-refractivity contribution in [3.63, 3.8) is 0 Å². The highest BCUT2D eigenvalue weighted by atomic mass is 32.2. The van der Waals surface area contributed by atoms with Crippen molar-refractivity contribution in [2.45, 2.75) is 25.5 Å². The monoisotopic (exact) mass is 433 g/mol. The maximum absolute atomic E-state index is 13.4. The number of hydrogen-bond acceptors (Lipinski definition) is 5. The zero-order valence-electron chi connectivity index (χ0n) is 17.6. The van der Waals surface area contributed by atoms with E-state index in [1.807, 2.05) is 30.3 Å². The Hall–Kier alpha value is -3.25. The van der Waals surface area contributed by atoms with Crippen LogP contribution in [0.1, 0.15) is 36.7 Å². The summed E-state index contributed by atoms with van der Waals surface area (Å²) < 4.78 is 10.6. The molecule has 0 bridgehead atoms. The van der Waals surface area contributed by atoms with Crippen LogP contribution in [0.2, 0.25) is 0 Å². The second-order valence-corrected chi connectivity index (χ2v) is 8.48. The summed E-state index contributed by atoms with van der Waals surface area (Å²) >= 11 is 1.32. The highest BCUT2D eigenvalue weighted by Gasteiger charge is 2.40. The van der Waals surface area contributed by atoms with Crippen LogP contribution in [0.15, 0.2) is 76.2 Å². The molecule has 3 aromatic rings. The smallest absolute Gasteiger partial charge is 0.272 e. The van der Waals surface area contributed by atoms with Gasteiger partial charge in [-0.15, -0.1) is 11.8 Å². The number of rotatable bonds is 7. The van der Waals surface area contributed by atoms with E-state index >= 15 is 0 Å². The first-order valence-electron chi connectivity index (χ1n) is 10.0. The molecule has 0 N–H and O–H groups in total. The number of hydrogen-bond donors (Lipinski definition) is 0. The lowest BCUT2D eigenvalue weighted by atomic mass is 10.0. The molecule has 0 unspecified atom stereocenters. The maximum Gasteiger partial charge on any atom is 0.272 e. The molecule has 2 heterocycles. The Morgan fingerprint density at radius 2 is 1.68 bits per heavy atom. The molecule has 4 rings (SSSR count). The minimum Gasteiger partial charge on any atom is -0.497 e. The Kier molecular flexibility index (Phi) is 6.00. The van der Waals surface area contributed by atoms with Crippen molar-refractivity contribution in [3.05, 3.63) is 88.7 Å². The second kappa shape index (κ2) is 8.86. The fourth-order valence-electron chi connectivity index (χ4n) is 3.44.